The number of aromatic nitrogens is 1. The van der Waals surface area contributed by atoms with E-state index in [4.69, 9.17) is 0 Å². The highest BCUT2D eigenvalue weighted by molar-refractivity contribution is 5.20. The molecule has 0 aliphatic carbocycles. The molecule has 0 fully saturated rings. The molecule has 3 rings (SSSR count). The third-order valence-electron chi connectivity index (χ3n) is 4.79. The van der Waals surface area contributed by atoms with Gasteiger partial charge in [0, 0.05) is 38.1 Å². The summed E-state index contributed by atoms with van der Waals surface area (Å²) in [5.41, 5.74) is 3.04. The Labute approximate surface area is 167 Å². The van der Waals surface area contributed by atoms with Crippen molar-refractivity contribution in [3.05, 3.63) is 95.6 Å². The molecule has 0 bridgehead atoms. The van der Waals surface area contributed by atoms with Crippen LogP contribution in [0.1, 0.15) is 36.8 Å². The molecule has 1 N–H and O–H groups in total. The third kappa shape index (κ3) is 5.78. The molecule has 2 aromatic carbocycles. The summed E-state index contributed by atoms with van der Waals surface area (Å²) in [5.74, 6) is 0.285. The second-order valence-electron chi connectivity index (χ2n) is 7.77. The molecule has 3 nitrogen and oxygen atoms in total. The van der Waals surface area contributed by atoms with Crippen molar-refractivity contribution in [3.8, 4) is 0 Å². The van der Waals surface area contributed by atoms with E-state index in [2.05, 4.69) is 29.4 Å². The van der Waals surface area contributed by atoms with Gasteiger partial charge in [-0.05, 0) is 41.3 Å². The van der Waals surface area contributed by atoms with Gasteiger partial charge in [-0.2, -0.15) is 0 Å². The summed E-state index contributed by atoms with van der Waals surface area (Å²) in [7, 11) is 0. The molecule has 148 valence electrons. The molecule has 1 unspecified atom stereocenters. The Morgan fingerprint density at radius 1 is 0.964 bits per heavy atom. The Balaban J connectivity index is 1.72. The Morgan fingerprint density at radius 3 is 2.46 bits per heavy atom. The van der Waals surface area contributed by atoms with E-state index in [0.717, 1.165) is 29.9 Å². The average Bonchev–Trinajstić information content (AvgIpc) is 3.08. The van der Waals surface area contributed by atoms with Crippen LogP contribution in [0, 0.1) is 11.7 Å². The molecule has 0 spiro atoms. The van der Waals surface area contributed by atoms with E-state index in [1.807, 2.05) is 48.7 Å². The van der Waals surface area contributed by atoms with Gasteiger partial charge < -0.3 is 9.67 Å². The largest absolute Gasteiger partial charge is 0.387 e. The molecule has 1 atom stereocenters. The number of rotatable bonds is 9. The first kappa shape index (κ1) is 20.3. The highest BCUT2D eigenvalue weighted by atomic mass is 19.1. The van der Waals surface area contributed by atoms with Crippen LogP contribution in [0.25, 0.3) is 0 Å². The highest BCUT2D eigenvalue weighted by Crippen LogP contribution is 2.18. The number of hydrogen-bond donors (Lipinski definition) is 1. The number of benzene rings is 2. The van der Waals surface area contributed by atoms with Gasteiger partial charge in [-0.15, -0.1) is 0 Å². The summed E-state index contributed by atoms with van der Waals surface area (Å²) in [6, 6.07) is 20.6. The Hall–Kier alpha value is -2.43. The number of aliphatic hydroxyl groups is 1. The van der Waals surface area contributed by atoms with Crippen molar-refractivity contribution < 1.29 is 9.50 Å². The zero-order chi connectivity index (χ0) is 19.9. The van der Waals surface area contributed by atoms with E-state index in [9.17, 15) is 9.50 Å². The first-order valence-corrected chi connectivity index (χ1v) is 9.85. The van der Waals surface area contributed by atoms with Gasteiger partial charge in [-0.1, -0.05) is 56.3 Å². The summed E-state index contributed by atoms with van der Waals surface area (Å²) < 4.78 is 15.7. The van der Waals surface area contributed by atoms with E-state index >= 15 is 0 Å². The lowest BCUT2D eigenvalue weighted by atomic mass is 10.1. The molecular weight excluding hydrogens is 351 g/mol. The minimum Gasteiger partial charge on any atom is -0.387 e. The smallest absolute Gasteiger partial charge is 0.123 e. The second-order valence-corrected chi connectivity index (χ2v) is 7.77. The second kappa shape index (κ2) is 9.67. The standard InChI is InChI=1S/C24H29FN2O/c1-19(2)15-26(18-24(28)21-9-4-3-5-10-21)17-23-12-7-13-27(23)16-20-8-6-11-22(25)14-20/h3-14,19,24,28H,15-18H2,1-2H3. The van der Waals surface area contributed by atoms with E-state index in [-0.39, 0.29) is 5.82 Å². The number of halogens is 1. The van der Waals surface area contributed by atoms with Crippen molar-refractivity contribution in [2.24, 2.45) is 5.92 Å². The lowest BCUT2D eigenvalue weighted by Crippen LogP contribution is -2.32. The molecule has 0 aliphatic heterocycles. The van der Waals surface area contributed by atoms with E-state index in [0.29, 0.717) is 19.0 Å². The van der Waals surface area contributed by atoms with Crippen molar-refractivity contribution in [1.29, 1.82) is 0 Å². The van der Waals surface area contributed by atoms with E-state index < -0.39 is 6.10 Å². The van der Waals surface area contributed by atoms with Crippen molar-refractivity contribution in [2.45, 2.75) is 33.0 Å². The number of aliphatic hydroxyl groups excluding tert-OH is 1. The topological polar surface area (TPSA) is 28.4 Å². The maximum atomic E-state index is 13.5. The van der Waals surface area contributed by atoms with Crippen LogP contribution in [0.5, 0.6) is 0 Å². The fourth-order valence-corrected chi connectivity index (χ4v) is 3.55. The quantitative estimate of drug-likeness (QED) is 0.574. The van der Waals surface area contributed by atoms with Gasteiger partial charge in [0.15, 0.2) is 0 Å². The summed E-state index contributed by atoms with van der Waals surface area (Å²) in [6.45, 7) is 7.23. The van der Waals surface area contributed by atoms with Crippen LogP contribution in [-0.4, -0.2) is 27.7 Å². The molecule has 3 aromatic rings. The fourth-order valence-electron chi connectivity index (χ4n) is 3.55. The molecule has 0 aliphatic rings. The van der Waals surface area contributed by atoms with Crippen LogP contribution >= 0.6 is 0 Å². The fraction of sp³-hybridized carbons (Fsp3) is 0.333. The Kier molecular flexibility index (Phi) is 7.01. The predicted molar refractivity (Wildman–Crippen MR) is 111 cm³/mol. The first-order valence-electron chi connectivity index (χ1n) is 9.85. The molecule has 28 heavy (non-hydrogen) atoms. The average molecular weight is 381 g/mol. The minimum atomic E-state index is -0.522. The molecule has 4 heteroatoms. The normalized spacial score (nSPS) is 12.6. The summed E-state index contributed by atoms with van der Waals surface area (Å²) >= 11 is 0. The maximum Gasteiger partial charge on any atom is 0.123 e. The number of hydrogen-bond acceptors (Lipinski definition) is 2. The maximum absolute atomic E-state index is 13.5. The molecule has 1 aromatic heterocycles. The third-order valence-corrected chi connectivity index (χ3v) is 4.79. The van der Waals surface area contributed by atoms with Gasteiger partial charge in [0.2, 0.25) is 0 Å². The Bertz CT molecular complexity index is 860. The van der Waals surface area contributed by atoms with Crippen molar-refractivity contribution >= 4 is 0 Å². The van der Waals surface area contributed by atoms with Crippen molar-refractivity contribution in [2.75, 3.05) is 13.1 Å². The molecule has 1 heterocycles. The van der Waals surface area contributed by atoms with Gasteiger partial charge >= 0.3 is 0 Å². The van der Waals surface area contributed by atoms with E-state index in [1.165, 1.54) is 6.07 Å². The van der Waals surface area contributed by atoms with Gasteiger partial charge in [-0.25, -0.2) is 4.39 Å². The summed E-state index contributed by atoms with van der Waals surface area (Å²) in [5, 5.41) is 10.7. The first-order chi connectivity index (χ1) is 13.5. The zero-order valence-corrected chi connectivity index (χ0v) is 16.6. The van der Waals surface area contributed by atoms with Crippen molar-refractivity contribution in [3.63, 3.8) is 0 Å². The van der Waals surface area contributed by atoms with Crippen LogP contribution < -0.4 is 0 Å². The number of nitrogens with zero attached hydrogens (tertiary/aromatic N) is 2. The van der Waals surface area contributed by atoms with E-state index in [1.54, 1.807) is 12.1 Å². The van der Waals surface area contributed by atoms with Crippen LogP contribution in [0.15, 0.2) is 72.9 Å². The van der Waals surface area contributed by atoms with Crippen LogP contribution in [0.4, 0.5) is 4.39 Å². The summed E-state index contributed by atoms with van der Waals surface area (Å²) in [4.78, 5) is 2.29. The summed E-state index contributed by atoms with van der Waals surface area (Å²) in [6.07, 6.45) is 1.51. The Morgan fingerprint density at radius 2 is 1.75 bits per heavy atom. The highest BCUT2D eigenvalue weighted by Gasteiger charge is 2.16. The molecular formula is C24H29FN2O. The molecule has 0 radical (unpaired) electrons. The molecule has 0 saturated heterocycles. The van der Waals surface area contributed by atoms with Gasteiger partial charge in [0.25, 0.3) is 0 Å². The molecule has 0 amide bonds. The minimum absolute atomic E-state index is 0.210. The SMILES string of the molecule is CC(C)CN(Cc1cccn1Cc1cccc(F)c1)CC(O)c1ccccc1. The van der Waals surface area contributed by atoms with Gasteiger partial charge in [-0.3, -0.25) is 4.90 Å². The predicted octanol–water partition coefficient (Wildman–Crippen LogP) is 4.87. The lowest BCUT2D eigenvalue weighted by molar-refractivity contribution is 0.100. The van der Waals surface area contributed by atoms with Gasteiger partial charge in [0.1, 0.15) is 5.82 Å². The van der Waals surface area contributed by atoms with Gasteiger partial charge in [0.05, 0.1) is 6.10 Å². The van der Waals surface area contributed by atoms with Crippen LogP contribution in [0.3, 0.4) is 0 Å². The lowest BCUT2D eigenvalue weighted by Gasteiger charge is -2.27. The van der Waals surface area contributed by atoms with Crippen LogP contribution in [0.2, 0.25) is 0 Å². The zero-order valence-electron chi connectivity index (χ0n) is 16.6. The van der Waals surface area contributed by atoms with Crippen LogP contribution in [-0.2, 0) is 13.1 Å². The monoisotopic (exact) mass is 380 g/mol. The van der Waals surface area contributed by atoms with Crippen molar-refractivity contribution in [1.82, 2.24) is 9.47 Å². The molecule has 0 saturated carbocycles.